The van der Waals surface area contributed by atoms with Gasteiger partial charge in [-0.3, -0.25) is 19.5 Å². The molecule has 4 amide bonds. The van der Waals surface area contributed by atoms with E-state index in [1.165, 1.54) is 9.80 Å². The summed E-state index contributed by atoms with van der Waals surface area (Å²) in [5.41, 5.74) is 1.23. The molecule has 0 aliphatic carbocycles. The molecule has 9 heteroatoms. The van der Waals surface area contributed by atoms with Gasteiger partial charge in [0, 0.05) is 11.9 Å². The third-order valence-electron chi connectivity index (χ3n) is 5.64. The number of amides is 4. The third-order valence-corrected chi connectivity index (χ3v) is 5.64. The molecular weight excluding hydrogens is 410 g/mol. The molecule has 0 bridgehead atoms. The van der Waals surface area contributed by atoms with Crippen LogP contribution in [0.4, 0.5) is 10.5 Å². The number of nitrogens with zero attached hydrogens (tertiary/aromatic N) is 3. The fourth-order valence-electron chi connectivity index (χ4n) is 4.16. The number of carbonyl (C=O) groups is 3. The number of imide groups is 1. The van der Waals surface area contributed by atoms with Crippen molar-refractivity contribution in [2.24, 2.45) is 0 Å². The Morgan fingerprint density at radius 2 is 2.03 bits per heavy atom. The van der Waals surface area contributed by atoms with E-state index in [0.717, 1.165) is 12.2 Å². The summed E-state index contributed by atoms with van der Waals surface area (Å²) in [6, 6.07) is 11.1. The molecule has 2 aliphatic heterocycles. The minimum absolute atomic E-state index is 0.0699. The maximum absolute atomic E-state index is 13.3. The second kappa shape index (κ2) is 9.78. The first-order chi connectivity index (χ1) is 15.6. The minimum Gasteiger partial charge on any atom is -0.494 e. The number of nitrogens with one attached hydrogen (secondary N) is 2. The number of fused-ring (bicyclic) bond motifs is 1. The van der Waals surface area contributed by atoms with Crippen molar-refractivity contribution < 1.29 is 19.1 Å². The number of anilines is 1. The fraction of sp³-hybridized carbons (Fsp3) is 0.391. The smallest absolute Gasteiger partial charge is 0.327 e. The van der Waals surface area contributed by atoms with Gasteiger partial charge in [-0.05, 0) is 62.7 Å². The second-order valence-corrected chi connectivity index (χ2v) is 7.80. The van der Waals surface area contributed by atoms with E-state index in [0.29, 0.717) is 31.0 Å². The number of hydrogen-bond acceptors (Lipinski definition) is 6. The molecule has 32 heavy (non-hydrogen) atoms. The zero-order valence-corrected chi connectivity index (χ0v) is 18.0. The lowest BCUT2D eigenvalue weighted by Gasteiger charge is -2.46. The molecule has 2 unspecified atom stereocenters. The molecule has 1 aromatic carbocycles. The summed E-state index contributed by atoms with van der Waals surface area (Å²) in [6.45, 7) is 3.10. The molecule has 2 N–H and O–H groups in total. The minimum atomic E-state index is -0.525. The highest BCUT2D eigenvalue weighted by Crippen LogP contribution is 2.26. The van der Waals surface area contributed by atoms with Crippen LogP contribution in [0.25, 0.3) is 0 Å². The molecule has 4 rings (SSSR count). The lowest BCUT2D eigenvalue weighted by molar-refractivity contribution is -0.138. The van der Waals surface area contributed by atoms with E-state index in [2.05, 4.69) is 15.6 Å². The van der Waals surface area contributed by atoms with E-state index in [1.807, 2.05) is 13.0 Å². The van der Waals surface area contributed by atoms with Gasteiger partial charge in [0.1, 0.15) is 18.3 Å². The number of carbonyl (C=O) groups excluding carboxylic acids is 3. The van der Waals surface area contributed by atoms with Crippen molar-refractivity contribution >= 4 is 23.5 Å². The molecular formula is C23H27N5O4. The van der Waals surface area contributed by atoms with Gasteiger partial charge in [0.25, 0.3) is 0 Å². The Bertz CT molecular complexity index is 966. The third kappa shape index (κ3) is 4.72. The molecule has 3 heterocycles. The van der Waals surface area contributed by atoms with Crippen LogP contribution in [0.15, 0.2) is 48.7 Å². The first kappa shape index (κ1) is 21.8. The molecule has 2 atom stereocenters. The first-order valence-corrected chi connectivity index (χ1v) is 10.8. The number of urea groups is 1. The van der Waals surface area contributed by atoms with Gasteiger partial charge in [-0.25, -0.2) is 4.79 Å². The van der Waals surface area contributed by atoms with Crippen molar-refractivity contribution in [3.63, 3.8) is 0 Å². The van der Waals surface area contributed by atoms with Gasteiger partial charge in [-0.15, -0.1) is 0 Å². The summed E-state index contributed by atoms with van der Waals surface area (Å²) in [4.78, 5) is 46.0. The van der Waals surface area contributed by atoms with Crippen LogP contribution in [0.1, 0.15) is 25.5 Å². The number of pyridine rings is 1. The average molecular weight is 438 g/mol. The maximum atomic E-state index is 13.3. The van der Waals surface area contributed by atoms with Crippen LogP contribution in [0.2, 0.25) is 0 Å². The lowest BCUT2D eigenvalue weighted by atomic mass is 9.93. The van der Waals surface area contributed by atoms with Crippen LogP contribution in [0.3, 0.4) is 0 Å². The Labute approximate surface area is 186 Å². The largest absolute Gasteiger partial charge is 0.494 e. The van der Waals surface area contributed by atoms with Gasteiger partial charge >= 0.3 is 6.03 Å². The molecule has 2 fully saturated rings. The van der Waals surface area contributed by atoms with Gasteiger partial charge in [0.05, 0.1) is 24.9 Å². The van der Waals surface area contributed by atoms with Gasteiger partial charge < -0.3 is 20.3 Å². The summed E-state index contributed by atoms with van der Waals surface area (Å²) < 4.78 is 5.42. The first-order valence-electron chi connectivity index (χ1n) is 10.8. The monoisotopic (exact) mass is 437 g/mol. The summed E-state index contributed by atoms with van der Waals surface area (Å²) in [5.74, 6) is 0.129. The van der Waals surface area contributed by atoms with Crippen LogP contribution in [-0.4, -0.2) is 64.4 Å². The topological polar surface area (TPSA) is 104 Å². The van der Waals surface area contributed by atoms with Crippen molar-refractivity contribution in [3.8, 4) is 5.75 Å². The van der Waals surface area contributed by atoms with Crippen molar-refractivity contribution in [2.45, 2.75) is 38.4 Å². The van der Waals surface area contributed by atoms with Gasteiger partial charge in [-0.1, -0.05) is 6.07 Å². The maximum Gasteiger partial charge on any atom is 0.327 e. The van der Waals surface area contributed by atoms with E-state index < -0.39 is 12.1 Å². The van der Waals surface area contributed by atoms with E-state index in [4.69, 9.17) is 4.74 Å². The molecule has 0 radical (unpaired) electrons. The predicted molar refractivity (Wildman–Crippen MR) is 118 cm³/mol. The molecule has 1 aromatic heterocycles. The van der Waals surface area contributed by atoms with Crippen LogP contribution in [0, 0.1) is 0 Å². The summed E-state index contributed by atoms with van der Waals surface area (Å²) >= 11 is 0. The summed E-state index contributed by atoms with van der Waals surface area (Å²) in [7, 11) is 0. The Morgan fingerprint density at radius 1 is 1.22 bits per heavy atom. The fourth-order valence-corrected chi connectivity index (χ4v) is 4.16. The molecule has 0 saturated carbocycles. The number of piperidine rings is 1. The standard InChI is InChI=1S/C23H27N5O4/c1-2-32-18-10-8-16(9-11-18)26-20(29)15-27-19-7-5-13-25-21(19)22(30)28(23(27)31)14-17-6-3-4-12-24-17/h3-4,6,8-12,19,21,25H,2,5,7,13-15H2,1H3,(H,26,29). The highest BCUT2D eigenvalue weighted by atomic mass is 16.5. The average Bonchev–Trinajstić information content (AvgIpc) is 2.81. The molecule has 2 saturated heterocycles. The van der Waals surface area contributed by atoms with Crippen molar-refractivity contribution in [2.75, 3.05) is 25.0 Å². The Morgan fingerprint density at radius 3 is 2.75 bits per heavy atom. The molecule has 9 nitrogen and oxygen atoms in total. The van der Waals surface area contributed by atoms with Gasteiger partial charge in [-0.2, -0.15) is 0 Å². The number of benzene rings is 1. The number of rotatable bonds is 7. The number of ether oxygens (including phenoxy) is 1. The van der Waals surface area contributed by atoms with E-state index in [-0.39, 0.29) is 30.9 Å². The van der Waals surface area contributed by atoms with E-state index in [1.54, 1.807) is 42.6 Å². The van der Waals surface area contributed by atoms with Gasteiger partial charge in [0.2, 0.25) is 11.8 Å². The van der Waals surface area contributed by atoms with E-state index >= 15 is 0 Å². The predicted octanol–water partition coefficient (Wildman–Crippen LogP) is 2.00. The summed E-state index contributed by atoms with van der Waals surface area (Å²) in [6.07, 6.45) is 3.12. The molecule has 0 spiro atoms. The lowest BCUT2D eigenvalue weighted by Crippen LogP contribution is -2.70. The van der Waals surface area contributed by atoms with Crippen LogP contribution < -0.4 is 15.4 Å². The van der Waals surface area contributed by atoms with Crippen molar-refractivity contribution in [3.05, 3.63) is 54.4 Å². The summed E-state index contributed by atoms with van der Waals surface area (Å²) in [5, 5.41) is 6.05. The normalized spacial score (nSPS) is 20.7. The van der Waals surface area contributed by atoms with Crippen LogP contribution in [-0.2, 0) is 16.1 Å². The van der Waals surface area contributed by atoms with E-state index in [9.17, 15) is 14.4 Å². The SMILES string of the molecule is CCOc1ccc(NC(=O)CN2C(=O)N(Cc3ccccn3)C(=O)C3NCCCC32)cc1. The van der Waals surface area contributed by atoms with Crippen LogP contribution in [0.5, 0.6) is 5.75 Å². The zero-order valence-electron chi connectivity index (χ0n) is 18.0. The van der Waals surface area contributed by atoms with Crippen LogP contribution >= 0.6 is 0 Å². The highest BCUT2D eigenvalue weighted by Gasteiger charge is 2.47. The van der Waals surface area contributed by atoms with Crippen molar-refractivity contribution in [1.29, 1.82) is 0 Å². The molecule has 2 aliphatic rings. The second-order valence-electron chi connectivity index (χ2n) is 7.80. The number of hydrogen-bond donors (Lipinski definition) is 2. The quantitative estimate of drug-likeness (QED) is 0.687. The zero-order chi connectivity index (χ0) is 22.5. The Hall–Kier alpha value is -3.46. The highest BCUT2D eigenvalue weighted by molar-refractivity contribution is 6.02. The van der Waals surface area contributed by atoms with Crippen molar-refractivity contribution in [1.82, 2.24) is 20.1 Å². The Balaban J connectivity index is 1.49. The Kier molecular flexibility index (Phi) is 6.65. The molecule has 168 valence electrons. The number of aromatic nitrogens is 1. The molecule has 2 aromatic rings. The van der Waals surface area contributed by atoms with Gasteiger partial charge in [0.15, 0.2) is 0 Å².